The Bertz CT molecular complexity index is 421. The molecule has 94 valence electrons. The molecule has 0 radical (unpaired) electrons. The molecule has 0 saturated carbocycles. The minimum Gasteiger partial charge on any atom is -0.399 e. The van der Waals surface area contributed by atoms with E-state index in [1.807, 2.05) is 0 Å². The molecule has 0 heterocycles. The second kappa shape index (κ2) is 4.65. The van der Waals surface area contributed by atoms with Crippen LogP contribution in [0, 0.1) is 5.41 Å². The molecule has 1 unspecified atom stereocenters. The number of amides is 1. The number of nitrogens with one attached hydrogen (secondary N) is 1. The molecule has 0 saturated heterocycles. The Labute approximate surface area is 102 Å². The van der Waals surface area contributed by atoms with E-state index in [0.717, 1.165) is 5.69 Å². The van der Waals surface area contributed by atoms with Crippen molar-refractivity contribution < 1.29 is 4.79 Å². The van der Waals surface area contributed by atoms with Crippen LogP contribution in [-0.2, 0) is 0 Å². The molecule has 0 aliphatic heterocycles. The molecule has 5 N–H and O–H groups in total. The SMILES string of the molecule is CC(Nc1ccc(N)cc1C(N)=O)C(C)(C)C. The lowest BCUT2D eigenvalue weighted by molar-refractivity contribution is 0.100. The first-order valence-electron chi connectivity index (χ1n) is 5.67. The van der Waals surface area contributed by atoms with Crippen LogP contribution in [-0.4, -0.2) is 11.9 Å². The van der Waals surface area contributed by atoms with E-state index < -0.39 is 5.91 Å². The highest BCUT2D eigenvalue weighted by Gasteiger charge is 2.21. The molecule has 4 heteroatoms. The van der Waals surface area contributed by atoms with Gasteiger partial charge in [0.15, 0.2) is 0 Å². The second-order valence-corrected chi connectivity index (χ2v) is 5.40. The number of carbonyl (C=O) groups excluding carboxylic acids is 1. The van der Waals surface area contributed by atoms with Crippen molar-refractivity contribution in [2.24, 2.45) is 11.1 Å². The van der Waals surface area contributed by atoms with Crippen LogP contribution in [0.15, 0.2) is 18.2 Å². The first kappa shape index (κ1) is 13.4. The highest BCUT2D eigenvalue weighted by atomic mass is 16.1. The fourth-order valence-corrected chi connectivity index (χ4v) is 1.34. The molecular weight excluding hydrogens is 214 g/mol. The lowest BCUT2D eigenvalue weighted by Crippen LogP contribution is -2.31. The molecule has 1 aromatic carbocycles. The van der Waals surface area contributed by atoms with Gasteiger partial charge >= 0.3 is 0 Å². The van der Waals surface area contributed by atoms with E-state index in [1.165, 1.54) is 0 Å². The number of benzene rings is 1. The first-order chi connectivity index (χ1) is 7.71. The largest absolute Gasteiger partial charge is 0.399 e. The normalized spacial score (nSPS) is 13.2. The Morgan fingerprint density at radius 3 is 2.41 bits per heavy atom. The van der Waals surface area contributed by atoms with Gasteiger partial charge in [-0.2, -0.15) is 0 Å². The van der Waals surface area contributed by atoms with Crippen molar-refractivity contribution in [3.05, 3.63) is 23.8 Å². The van der Waals surface area contributed by atoms with Gasteiger partial charge in [0.2, 0.25) is 0 Å². The van der Waals surface area contributed by atoms with Crippen LogP contribution in [0.2, 0.25) is 0 Å². The molecule has 1 atom stereocenters. The fraction of sp³-hybridized carbons (Fsp3) is 0.462. The zero-order chi connectivity index (χ0) is 13.2. The molecule has 17 heavy (non-hydrogen) atoms. The topological polar surface area (TPSA) is 81.1 Å². The molecule has 1 rings (SSSR count). The predicted molar refractivity (Wildman–Crippen MR) is 71.9 cm³/mol. The maximum atomic E-state index is 11.3. The number of primary amides is 1. The summed E-state index contributed by atoms with van der Waals surface area (Å²) in [6.07, 6.45) is 0. The summed E-state index contributed by atoms with van der Waals surface area (Å²) in [5, 5.41) is 3.30. The molecule has 0 aromatic heterocycles. The number of rotatable bonds is 3. The summed E-state index contributed by atoms with van der Waals surface area (Å²) in [6.45, 7) is 8.46. The lowest BCUT2D eigenvalue weighted by Gasteiger charge is -2.29. The number of anilines is 2. The number of hydrogen-bond donors (Lipinski definition) is 3. The fourth-order valence-electron chi connectivity index (χ4n) is 1.34. The third kappa shape index (κ3) is 3.37. The Hall–Kier alpha value is -1.71. The van der Waals surface area contributed by atoms with Gasteiger partial charge in [0.1, 0.15) is 0 Å². The highest BCUT2D eigenvalue weighted by molar-refractivity contribution is 5.99. The van der Waals surface area contributed by atoms with Gasteiger partial charge in [0.05, 0.1) is 5.56 Å². The zero-order valence-corrected chi connectivity index (χ0v) is 10.9. The van der Waals surface area contributed by atoms with E-state index in [2.05, 4.69) is 33.0 Å². The van der Waals surface area contributed by atoms with Crippen LogP contribution >= 0.6 is 0 Å². The second-order valence-electron chi connectivity index (χ2n) is 5.40. The van der Waals surface area contributed by atoms with Crippen molar-refractivity contribution in [2.75, 3.05) is 11.1 Å². The van der Waals surface area contributed by atoms with Gasteiger partial charge in [-0.3, -0.25) is 4.79 Å². The van der Waals surface area contributed by atoms with Gasteiger partial charge in [-0.25, -0.2) is 0 Å². The zero-order valence-electron chi connectivity index (χ0n) is 10.9. The number of carbonyl (C=O) groups is 1. The number of nitrogens with two attached hydrogens (primary N) is 2. The van der Waals surface area contributed by atoms with Crippen LogP contribution in [0.25, 0.3) is 0 Å². The Morgan fingerprint density at radius 1 is 1.35 bits per heavy atom. The van der Waals surface area contributed by atoms with E-state index in [1.54, 1.807) is 18.2 Å². The van der Waals surface area contributed by atoms with Gasteiger partial charge in [-0.05, 0) is 30.5 Å². The van der Waals surface area contributed by atoms with Crippen molar-refractivity contribution in [2.45, 2.75) is 33.7 Å². The molecule has 0 aliphatic carbocycles. The maximum Gasteiger partial charge on any atom is 0.250 e. The summed E-state index contributed by atoms with van der Waals surface area (Å²) >= 11 is 0. The monoisotopic (exact) mass is 235 g/mol. The quantitative estimate of drug-likeness (QED) is 0.703. The van der Waals surface area contributed by atoms with Crippen molar-refractivity contribution in [3.8, 4) is 0 Å². The van der Waals surface area contributed by atoms with Gasteiger partial charge < -0.3 is 16.8 Å². The molecule has 1 aromatic rings. The average molecular weight is 235 g/mol. The standard InChI is InChI=1S/C13H21N3O/c1-8(13(2,3)4)16-11-6-5-9(14)7-10(11)12(15)17/h5-8,16H,14H2,1-4H3,(H2,15,17). The van der Waals surface area contributed by atoms with Gasteiger partial charge in [0, 0.05) is 17.4 Å². The van der Waals surface area contributed by atoms with Gasteiger partial charge in [0.25, 0.3) is 5.91 Å². The van der Waals surface area contributed by atoms with Gasteiger partial charge in [-0.15, -0.1) is 0 Å². The highest BCUT2D eigenvalue weighted by Crippen LogP contribution is 2.25. The van der Waals surface area contributed by atoms with Crippen molar-refractivity contribution >= 4 is 17.3 Å². The van der Waals surface area contributed by atoms with E-state index in [9.17, 15) is 4.79 Å². The summed E-state index contributed by atoms with van der Waals surface area (Å²) in [5.41, 5.74) is 12.8. The van der Waals surface area contributed by atoms with E-state index in [-0.39, 0.29) is 11.5 Å². The third-order valence-corrected chi connectivity index (χ3v) is 2.98. The van der Waals surface area contributed by atoms with Crippen molar-refractivity contribution in [3.63, 3.8) is 0 Å². The average Bonchev–Trinajstić information content (AvgIpc) is 2.18. The van der Waals surface area contributed by atoms with Crippen LogP contribution in [0.3, 0.4) is 0 Å². The van der Waals surface area contributed by atoms with E-state index in [0.29, 0.717) is 11.3 Å². The van der Waals surface area contributed by atoms with E-state index >= 15 is 0 Å². The van der Waals surface area contributed by atoms with Crippen molar-refractivity contribution in [1.82, 2.24) is 0 Å². The summed E-state index contributed by atoms with van der Waals surface area (Å²) in [7, 11) is 0. The summed E-state index contributed by atoms with van der Waals surface area (Å²) in [6, 6.07) is 5.35. The lowest BCUT2D eigenvalue weighted by atomic mass is 9.88. The van der Waals surface area contributed by atoms with Gasteiger partial charge in [-0.1, -0.05) is 20.8 Å². The number of hydrogen-bond acceptors (Lipinski definition) is 3. The van der Waals surface area contributed by atoms with E-state index in [4.69, 9.17) is 11.5 Å². The minimum absolute atomic E-state index is 0.0936. The summed E-state index contributed by atoms with van der Waals surface area (Å²) in [4.78, 5) is 11.3. The van der Waals surface area contributed by atoms with Crippen LogP contribution in [0.5, 0.6) is 0 Å². The molecule has 0 spiro atoms. The molecule has 0 bridgehead atoms. The van der Waals surface area contributed by atoms with Crippen LogP contribution in [0.4, 0.5) is 11.4 Å². The predicted octanol–water partition coefficient (Wildman–Crippen LogP) is 2.21. The van der Waals surface area contributed by atoms with Crippen LogP contribution < -0.4 is 16.8 Å². The smallest absolute Gasteiger partial charge is 0.250 e. The molecule has 4 nitrogen and oxygen atoms in total. The maximum absolute atomic E-state index is 11.3. The molecule has 0 fully saturated rings. The molecule has 0 aliphatic rings. The van der Waals surface area contributed by atoms with Crippen LogP contribution in [0.1, 0.15) is 38.1 Å². The Morgan fingerprint density at radius 2 is 1.94 bits per heavy atom. The molecule has 1 amide bonds. The Balaban J connectivity index is 3.03. The van der Waals surface area contributed by atoms with Crippen molar-refractivity contribution in [1.29, 1.82) is 0 Å². The summed E-state index contributed by atoms with van der Waals surface area (Å²) < 4.78 is 0. The number of nitrogen functional groups attached to an aromatic ring is 1. The molecular formula is C13H21N3O. The first-order valence-corrected chi connectivity index (χ1v) is 5.67. The Kier molecular flexibility index (Phi) is 3.66. The summed E-state index contributed by atoms with van der Waals surface area (Å²) in [5.74, 6) is -0.471. The third-order valence-electron chi connectivity index (χ3n) is 2.98. The minimum atomic E-state index is -0.471.